The van der Waals surface area contributed by atoms with Crippen LogP contribution in [-0.4, -0.2) is 38.1 Å². The number of ketones is 1. The quantitative estimate of drug-likeness (QED) is 0.334. The number of piperidine rings is 1. The van der Waals surface area contributed by atoms with Crippen LogP contribution in [0.25, 0.3) is 22.2 Å². The summed E-state index contributed by atoms with van der Waals surface area (Å²) in [5.74, 6) is 1.85. The molecule has 1 aliphatic carbocycles. The summed E-state index contributed by atoms with van der Waals surface area (Å²) in [4.78, 5) is 18.3. The van der Waals surface area contributed by atoms with Crippen molar-refractivity contribution in [3.8, 4) is 11.3 Å². The zero-order valence-corrected chi connectivity index (χ0v) is 20.6. The molecule has 1 aromatic heterocycles. The van der Waals surface area contributed by atoms with Gasteiger partial charge < -0.3 is 19.6 Å². The molecular formula is C29H30N4O2. The van der Waals surface area contributed by atoms with Gasteiger partial charge in [-0.15, -0.1) is 0 Å². The first-order valence-electron chi connectivity index (χ1n) is 12.3. The van der Waals surface area contributed by atoms with E-state index in [-0.39, 0.29) is 5.78 Å². The van der Waals surface area contributed by atoms with Crippen LogP contribution in [0, 0.1) is 11.8 Å². The van der Waals surface area contributed by atoms with Crippen molar-refractivity contribution in [1.29, 1.82) is 0 Å². The van der Waals surface area contributed by atoms with Gasteiger partial charge in [-0.1, -0.05) is 43.3 Å². The summed E-state index contributed by atoms with van der Waals surface area (Å²) in [5, 5.41) is 8.90. The number of anilines is 4. The van der Waals surface area contributed by atoms with Gasteiger partial charge in [-0.05, 0) is 48.6 Å². The fraction of sp³-hybridized carbons (Fsp3) is 0.310. The first-order chi connectivity index (χ1) is 16.9. The average Bonchev–Trinajstić information content (AvgIpc) is 3.28. The Bertz CT molecular complexity index is 1430. The van der Waals surface area contributed by atoms with Crippen molar-refractivity contribution in [2.75, 3.05) is 42.3 Å². The molecule has 0 bridgehead atoms. The van der Waals surface area contributed by atoms with Gasteiger partial charge in [0.25, 0.3) is 0 Å². The smallest absolute Gasteiger partial charge is 0.196 e. The number of aromatic nitrogens is 1. The SMILES string of the molecule is C[C@@H]1C[C@@H](C)CN(c2cc(Nc3ccc(N(C)C)cc3)c3c4c(onc24)-c2ccccc2C3=O)C1. The second-order valence-electron chi connectivity index (χ2n) is 10.3. The van der Waals surface area contributed by atoms with Gasteiger partial charge in [0, 0.05) is 49.7 Å². The molecule has 2 aliphatic rings. The molecule has 0 unspecified atom stereocenters. The van der Waals surface area contributed by atoms with Gasteiger partial charge in [0.1, 0.15) is 5.52 Å². The molecule has 0 amide bonds. The maximum absolute atomic E-state index is 13.8. The van der Waals surface area contributed by atoms with E-state index in [4.69, 9.17) is 4.52 Å². The predicted octanol–water partition coefficient (Wildman–Crippen LogP) is 6.33. The first kappa shape index (κ1) is 21.7. The number of nitrogens with one attached hydrogen (secondary N) is 1. The van der Waals surface area contributed by atoms with E-state index in [0.717, 1.165) is 52.3 Å². The second kappa shape index (κ2) is 8.15. The molecule has 6 nitrogen and oxygen atoms in total. The van der Waals surface area contributed by atoms with Crippen LogP contribution in [0.2, 0.25) is 0 Å². The van der Waals surface area contributed by atoms with E-state index in [1.807, 2.05) is 50.5 Å². The lowest BCUT2D eigenvalue weighted by molar-refractivity contribution is 0.104. The van der Waals surface area contributed by atoms with Crippen LogP contribution in [0.5, 0.6) is 0 Å². The number of carbonyl (C=O) groups is 1. The van der Waals surface area contributed by atoms with Crippen molar-refractivity contribution >= 4 is 39.4 Å². The topological polar surface area (TPSA) is 61.6 Å². The normalized spacial score (nSPS) is 19.1. The number of hydrogen-bond donors (Lipinski definition) is 1. The van der Waals surface area contributed by atoms with E-state index in [9.17, 15) is 4.79 Å². The van der Waals surface area contributed by atoms with Crippen molar-refractivity contribution in [3.63, 3.8) is 0 Å². The highest BCUT2D eigenvalue weighted by atomic mass is 16.5. The van der Waals surface area contributed by atoms with Crippen molar-refractivity contribution in [3.05, 3.63) is 65.7 Å². The van der Waals surface area contributed by atoms with Gasteiger partial charge in [0.05, 0.1) is 22.3 Å². The Labute approximate surface area is 205 Å². The van der Waals surface area contributed by atoms with Gasteiger partial charge in [-0.2, -0.15) is 0 Å². The Morgan fingerprint density at radius 2 is 1.69 bits per heavy atom. The van der Waals surface area contributed by atoms with Crippen LogP contribution in [0.4, 0.5) is 22.7 Å². The standard InChI is InChI=1S/C29H30N4O2/c1-17-13-18(2)16-33(15-17)24-14-23(30-19-9-11-20(12-10-19)32(3)4)25-26-27(24)31-35-29(26)22-8-6-5-7-21(22)28(25)34/h5-12,14,17-18,30H,13,15-16H2,1-4H3/t17-,18-/m1/s1. The van der Waals surface area contributed by atoms with E-state index in [1.165, 1.54) is 6.42 Å². The van der Waals surface area contributed by atoms with E-state index < -0.39 is 0 Å². The maximum atomic E-state index is 13.8. The van der Waals surface area contributed by atoms with Gasteiger partial charge in [0.15, 0.2) is 11.5 Å². The van der Waals surface area contributed by atoms with Gasteiger partial charge in [-0.25, -0.2) is 0 Å². The molecule has 0 saturated carbocycles. The zero-order chi connectivity index (χ0) is 24.3. The summed E-state index contributed by atoms with van der Waals surface area (Å²) >= 11 is 0. The third-order valence-corrected chi connectivity index (χ3v) is 7.25. The molecule has 3 aromatic carbocycles. The largest absolute Gasteiger partial charge is 0.378 e. The molecule has 6 rings (SSSR count). The third kappa shape index (κ3) is 3.55. The number of carbonyl (C=O) groups excluding carboxylic acids is 1. The highest BCUT2D eigenvalue weighted by molar-refractivity contribution is 6.28. The first-order valence-corrected chi connectivity index (χ1v) is 12.3. The highest BCUT2D eigenvalue weighted by Gasteiger charge is 2.34. The van der Waals surface area contributed by atoms with Crippen molar-refractivity contribution in [2.24, 2.45) is 11.8 Å². The summed E-state index contributed by atoms with van der Waals surface area (Å²) in [7, 11) is 4.05. The number of rotatable bonds is 4. The molecule has 1 fully saturated rings. The molecule has 1 N–H and O–H groups in total. The summed E-state index contributed by atoms with van der Waals surface area (Å²) in [6, 6.07) is 18.0. The minimum atomic E-state index is 0.000594. The Hall–Kier alpha value is -3.80. The predicted molar refractivity (Wildman–Crippen MR) is 142 cm³/mol. The zero-order valence-electron chi connectivity index (χ0n) is 20.6. The molecule has 1 saturated heterocycles. The molecule has 2 atom stereocenters. The molecule has 178 valence electrons. The summed E-state index contributed by atoms with van der Waals surface area (Å²) in [5.41, 5.74) is 6.74. The van der Waals surface area contributed by atoms with Crippen LogP contribution >= 0.6 is 0 Å². The van der Waals surface area contributed by atoms with E-state index >= 15 is 0 Å². The van der Waals surface area contributed by atoms with Crippen LogP contribution < -0.4 is 15.1 Å². The fourth-order valence-corrected chi connectivity index (χ4v) is 5.74. The lowest BCUT2D eigenvalue weighted by atomic mass is 9.85. The summed E-state index contributed by atoms with van der Waals surface area (Å²) in [6.45, 7) is 6.53. The van der Waals surface area contributed by atoms with E-state index in [1.54, 1.807) is 0 Å². The third-order valence-electron chi connectivity index (χ3n) is 7.25. The summed E-state index contributed by atoms with van der Waals surface area (Å²) in [6.07, 6.45) is 1.22. The molecule has 1 aliphatic heterocycles. The number of fused-ring (bicyclic) bond motifs is 2. The van der Waals surface area contributed by atoms with Crippen LogP contribution in [0.3, 0.4) is 0 Å². The molecular weight excluding hydrogens is 436 g/mol. The highest BCUT2D eigenvalue weighted by Crippen LogP contribution is 2.47. The summed E-state index contributed by atoms with van der Waals surface area (Å²) < 4.78 is 5.94. The fourth-order valence-electron chi connectivity index (χ4n) is 5.74. The molecule has 0 spiro atoms. The van der Waals surface area contributed by atoms with E-state index in [2.05, 4.69) is 52.3 Å². The van der Waals surface area contributed by atoms with E-state index in [0.29, 0.717) is 28.7 Å². The van der Waals surface area contributed by atoms with Crippen molar-refractivity contribution in [1.82, 2.24) is 5.16 Å². The minimum Gasteiger partial charge on any atom is -0.378 e. The Morgan fingerprint density at radius 3 is 2.37 bits per heavy atom. The number of nitrogens with zero attached hydrogens (tertiary/aromatic N) is 3. The van der Waals surface area contributed by atoms with Crippen molar-refractivity contribution < 1.29 is 9.32 Å². The number of hydrogen-bond acceptors (Lipinski definition) is 6. The monoisotopic (exact) mass is 466 g/mol. The Kier molecular flexibility index (Phi) is 5.06. The number of benzene rings is 3. The average molecular weight is 467 g/mol. The Morgan fingerprint density at radius 1 is 1.00 bits per heavy atom. The lowest BCUT2D eigenvalue weighted by Gasteiger charge is -2.37. The van der Waals surface area contributed by atoms with Crippen LogP contribution in [0.1, 0.15) is 36.2 Å². The molecule has 6 heteroatoms. The maximum Gasteiger partial charge on any atom is 0.196 e. The molecule has 2 heterocycles. The minimum absolute atomic E-state index is 0.000594. The second-order valence-corrected chi connectivity index (χ2v) is 10.3. The van der Waals surface area contributed by atoms with Crippen LogP contribution in [0.15, 0.2) is 59.1 Å². The van der Waals surface area contributed by atoms with Gasteiger partial charge in [-0.3, -0.25) is 4.79 Å². The molecule has 4 aromatic rings. The molecule has 0 radical (unpaired) electrons. The Balaban J connectivity index is 1.55. The van der Waals surface area contributed by atoms with Crippen molar-refractivity contribution in [2.45, 2.75) is 20.3 Å². The van der Waals surface area contributed by atoms with Crippen LogP contribution in [-0.2, 0) is 0 Å². The lowest BCUT2D eigenvalue weighted by Crippen LogP contribution is -2.39. The van der Waals surface area contributed by atoms with Gasteiger partial charge in [0.2, 0.25) is 0 Å². The van der Waals surface area contributed by atoms with Gasteiger partial charge >= 0.3 is 0 Å². The molecule has 35 heavy (non-hydrogen) atoms.